The van der Waals surface area contributed by atoms with Gasteiger partial charge in [-0.05, 0) is 12.8 Å². The maximum Gasteiger partial charge on any atom is 0.243 e. The van der Waals surface area contributed by atoms with Gasteiger partial charge in [0.15, 0.2) is 0 Å². The smallest absolute Gasteiger partial charge is 0.243 e. The van der Waals surface area contributed by atoms with Crippen LogP contribution < -0.4 is 16.0 Å². The summed E-state index contributed by atoms with van der Waals surface area (Å²) in [6, 6.07) is -1.02. The van der Waals surface area contributed by atoms with E-state index in [0.29, 0.717) is 12.8 Å². The highest BCUT2D eigenvalue weighted by molar-refractivity contribution is 5.91. The molecule has 3 N–H and O–H groups in total. The van der Waals surface area contributed by atoms with E-state index >= 15 is 0 Å². The van der Waals surface area contributed by atoms with E-state index in [4.69, 9.17) is 0 Å². The highest BCUT2D eigenvalue weighted by atomic mass is 16.2. The first-order chi connectivity index (χ1) is 8.04. The molecule has 6 nitrogen and oxygen atoms in total. The van der Waals surface area contributed by atoms with E-state index in [1.54, 1.807) is 7.05 Å². The first-order valence-corrected chi connectivity index (χ1v) is 5.83. The molecule has 0 aromatic rings. The summed E-state index contributed by atoms with van der Waals surface area (Å²) in [5.41, 5.74) is 0. The molecule has 1 rings (SSSR count). The lowest BCUT2D eigenvalue weighted by molar-refractivity contribution is -0.132. The van der Waals surface area contributed by atoms with Crippen LogP contribution in [0.15, 0.2) is 0 Å². The van der Waals surface area contributed by atoms with Crippen molar-refractivity contribution in [2.75, 3.05) is 7.05 Å². The fourth-order valence-corrected chi connectivity index (χ4v) is 1.93. The molecule has 2 atom stereocenters. The fourth-order valence-electron chi connectivity index (χ4n) is 1.93. The molecule has 0 bridgehead atoms. The summed E-state index contributed by atoms with van der Waals surface area (Å²) < 4.78 is 0. The molecular formula is C11H19N3O3. The van der Waals surface area contributed by atoms with Crippen molar-refractivity contribution < 1.29 is 14.4 Å². The van der Waals surface area contributed by atoms with Crippen LogP contribution in [-0.2, 0) is 14.4 Å². The molecule has 0 unspecified atom stereocenters. The van der Waals surface area contributed by atoms with Gasteiger partial charge in [0.05, 0.1) is 0 Å². The third-order valence-electron chi connectivity index (χ3n) is 2.81. The van der Waals surface area contributed by atoms with Gasteiger partial charge in [0.25, 0.3) is 0 Å². The Hall–Kier alpha value is -1.59. The van der Waals surface area contributed by atoms with E-state index in [2.05, 4.69) is 16.0 Å². The molecule has 0 saturated carbocycles. The van der Waals surface area contributed by atoms with Crippen LogP contribution in [0.25, 0.3) is 0 Å². The summed E-state index contributed by atoms with van der Waals surface area (Å²) in [5, 5.41) is 7.77. The Morgan fingerprint density at radius 3 is 2.53 bits per heavy atom. The van der Waals surface area contributed by atoms with Gasteiger partial charge in [0.2, 0.25) is 17.7 Å². The number of carbonyl (C=O) groups is 3. The van der Waals surface area contributed by atoms with Gasteiger partial charge in [0.1, 0.15) is 12.1 Å². The van der Waals surface area contributed by atoms with Gasteiger partial charge in [-0.1, -0.05) is 12.8 Å². The Labute approximate surface area is 101 Å². The Balaban J connectivity index is 2.65. The number of rotatable bonds is 2. The van der Waals surface area contributed by atoms with Crippen LogP contribution in [0.3, 0.4) is 0 Å². The predicted molar refractivity (Wildman–Crippen MR) is 62.1 cm³/mol. The number of amides is 3. The minimum Gasteiger partial charge on any atom is -0.357 e. The SMILES string of the molecule is CNC(=O)[C@@H]1CCCC[C@H](NC(C)=O)C(=O)N1. The standard InChI is InChI=1S/C11H19N3O3/c1-7(15)13-9-6-4-3-5-8(10(16)12-2)14-11(9)17/h8-9H,3-6H2,1-2H3,(H,12,16)(H,13,15)(H,14,17)/t8-,9-/m0/s1. The van der Waals surface area contributed by atoms with Crippen LogP contribution in [0.1, 0.15) is 32.6 Å². The fraction of sp³-hybridized carbons (Fsp3) is 0.727. The molecule has 1 fully saturated rings. The summed E-state index contributed by atoms with van der Waals surface area (Å²) in [6.45, 7) is 1.38. The average molecular weight is 241 g/mol. The van der Waals surface area contributed by atoms with Gasteiger partial charge in [-0.3, -0.25) is 14.4 Å². The predicted octanol–water partition coefficient (Wildman–Crippen LogP) is -0.704. The van der Waals surface area contributed by atoms with Crippen LogP contribution in [-0.4, -0.2) is 36.9 Å². The van der Waals surface area contributed by atoms with E-state index in [0.717, 1.165) is 12.8 Å². The van der Waals surface area contributed by atoms with Crippen molar-refractivity contribution in [1.82, 2.24) is 16.0 Å². The molecule has 0 aromatic heterocycles. The van der Waals surface area contributed by atoms with Crippen molar-refractivity contribution in [3.63, 3.8) is 0 Å². The molecular weight excluding hydrogens is 222 g/mol. The second-order valence-electron chi connectivity index (χ2n) is 4.21. The van der Waals surface area contributed by atoms with Gasteiger partial charge < -0.3 is 16.0 Å². The molecule has 17 heavy (non-hydrogen) atoms. The molecule has 0 radical (unpaired) electrons. The van der Waals surface area contributed by atoms with Crippen LogP contribution >= 0.6 is 0 Å². The van der Waals surface area contributed by atoms with Gasteiger partial charge in [-0.25, -0.2) is 0 Å². The average Bonchev–Trinajstić information content (AvgIpc) is 2.27. The van der Waals surface area contributed by atoms with Crippen LogP contribution in [0, 0.1) is 0 Å². The molecule has 0 aromatic carbocycles. The second-order valence-corrected chi connectivity index (χ2v) is 4.21. The number of likely N-dealkylation sites (N-methyl/N-ethyl adjacent to an activating group) is 1. The minimum atomic E-state index is -0.528. The maximum absolute atomic E-state index is 11.8. The topological polar surface area (TPSA) is 87.3 Å². The number of hydrogen-bond donors (Lipinski definition) is 3. The third kappa shape index (κ3) is 4.05. The van der Waals surface area contributed by atoms with E-state index < -0.39 is 12.1 Å². The molecule has 1 aliphatic heterocycles. The summed E-state index contributed by atoms with van der Waals surface area (Å²) in [6.07, 6.45) is 2.93. The van der Waals surface area contributed by atoms with E-state index in [-0.39, 0.29) is 17.7 Å². The molecule has 0 spiro atoms. The van der Waals surface area contributed by atoms with Crippen molar-refractivity contribution in [3.05, 3.63) is 0 Å². The Morgan fingerprint density at radius 1 is 1.29 bits per heavy atom. The van der Waals surface area contributed by atoms with Crippen molar-refractivity contribution in [2.24, 2.45) is 0 Å². The van der Waals surface area contributed by atoms with E-state index in [9.17, 15) is 14.4 Å². The zero-order valence-corrected chi connectivity index (χ0v) is 10.2. The number of nitrogens with one attached hydrogen (secondary N) is 3. The Bertz CT molecular complexity index is 317. The molecule has 1 aliphatic rings. The zero-order valence-electron chi connectivity index (χ0n) is 10.2. The molecule has 6 heteroatoms. The van der Waals surface area contributed by atoms with Gasteiger partial charge in [-0.2, -0.15) is 0 Å². The van der Waals surface area contributed by atoms with Crippen molar-refractivity contribution >= 4 is 17.7 Å². The first kappa shape index (κ1) is 13.5. The van der Waals surface area contributed by atoms with Crippen molar-refractivity contribution in [1.29, 1.82) is 0 Å². The quantitative estimate of drug-likeness (QED) is 0.597. The lowest BCUT2D eigenvalue weighted by atomic mass is 10.00. The molecule has 1 saturated heterocycles. The summed E-state index contributed by atoms with van der Waals surface area (Å²) in [5.74, 6) is -0.711. The van der Waals surface area contributed by atoms with E-state index in [1.807, 2.05) is 0 Å². The summed E-state index contributed by atoms with van der Waals surface area (Å²) in [7, 11) is 1.54. The number of hydrogen-bond acceptors (Lipinski definition) is 3. The Kier molecular flexibility index (Phi) is 4.93. The van der Waals surface area contributed by atoms with Crippen LogP contribution in [0.4, 0.5) is 0 Å². The van der Waals surface area contributed by atoms with Crippen LogP contribution in [0.2, 0.25) is 0 Å². The van der Waals surface area contributed by atoms with Gasteiger partial charge in [0, 0.05) is 14.0 Å². The van der Waals surface area contributed by atoms with E-state index in [1.165, 1.54) is 6.92 Å². The van der Waals surface area contributed by atoms with Crippen LogP contribution in [0.5, 0.6) is 0 Å². The lowest BCUT2D eigenvalue weighted by Crippen LogP contribution is -2.54. The molecule has 1 heterocycles. The molecule has 0 aliphatic carbocycles. The second kappa shape index (κ2) is 6.22. The summed E-state index contributed by atoms with van der Waals surface area (Å²) in [4.78, 5) is 34.3. The lowest BCUT2D eigenvalue weighted by Gasteiger charge is -2.25. The summed E-state index contributed by atoms with van der Waals surface area (Å²) >= 11 is 0. The largest absolute Gasteiger partial charge is 0.357 e. The van der Waals surface area contributed by atoms with Gasteiger partial charge in [-0.15, -0.1) is 0 Å². The monoisotopic (exact) mass is 241 g/mol. The maximum atomic E-state index is 11.8. The first-order valence-electron chi connectivity index (χ1n) is 5.83. The van der Waals surface area contributed by atoms with Crippen molar-refractivity contribution in [2.45, 2.75) is 44.7 Å². The number of carbonyl (C=O) groups excluding carboxylic acids is 3. The third-order valence-corrected chi connectivity index (χ3v) is 2.81. The molecule has 96 valence electrons. The highest BCUT2D eigenvalue weighted by Gasteiger charge is 2.27. The van der Waals surface area contributed by atoms with Gasteiger partial charge >= 0.3 is 0 Å². The molecule has 3 amide bonds. The highest BCUT2D eigenvalue weighted by Crippen LogP contribution is 2.11. The van der Waals surface area contributed by atoms with Crippen molar-refractivity contribution in [3.8, 4) is 0 Å². The normalized spacial score (nSPS) is 25.2. The Morgan fingerprint density at radius 2 is 1.94 bits per heavy atom. The zero-order chi connectivity index (χ0) is 12.8. The minimum absolute atomic E-state index is 0.193.